The Balaban J connectivity index is 1.81. The molecule has 0 N–H and O–H groups in total. The standard InChI is InChI=1S/C24H26N2O2/c1-16-7-9-19(10-8-16)21-22(25-13-11-17(2)12-14-25)24(28)26(23(21)27)20-6-4-5-18(3)15-20/h4-10,15,17H,11-14H2,1-3H3. The highest BCUT2D eigenvalue weighted by atomic mass is 16.2. The third-order valence-electron chi connectivity index (χ3n) is 5.76. The van der Waals surface area contributed by atoms with E-state index in [0.29, 0.717) is 22.9 Å². The first-order chi connectivity index (χ1) is 13.5. The summed E-state index contributed by atoms with van der Waals surface area (Å²) in [5, 5.41) is 0. The predicted molar refractivity (Wildman–Crippen MR) is 112 cm³/mol. The van der Waals surface area contributed by atoms with Crippen molar-refractivity contribution < 1.29 is 9.59 Å². The van der Waals surface area contributed by atoms with Gasteiger partial charge in [-0.3, -0.25) is 9.59 Å². The highest BCUT2D eigenvalue weighted by Crippen LogP contribution is 2.36. The van der Waals surface area contributed by atoms with Crippen molar-refractivity contribution in [3.8, 4) is 0 Å². The average molecular weight is 374 g/mol. The largest absolute Gasteiger partial charge is 0.366 e. The molecule has 2 amide bonds. The number of imide groups is 1. The summed E-state index contributed by atoms with van der Waals surface area (Å²) in [6.45, 7) is 7.86. The first-order valence-electron chi connectivity index (χ1n) is 9.97. The molecule has 2 aliphatic heterocycles. The van der Waals surface area contributed by atoms with Crippen molar-refractivity contribution in [1.29, 1.82) is 0 Å². The molecule has 1 saturated heterocycles. The van der Waals surface area contributed by atoms with Gasteiger partial charge in [-0.1, -0.05) is 48.9 Å². The summed E-state index contributed by atoms with van der Waals surface area (Å²) in [5.41, 5.74) is 4.69. The molecule has 0 atom stereocenters. The van der Waals surface area contributed by atoms with Crippen molar-refractivity contribution in [1.82, 2.24) is 4.90 Å². The van der Waals surface area contributed by atoms with E-state index in [1.54, 1.807) is 0 Å². The van der Waals surface area contributed by atoms with Gasteiger partial charge in [0.1, 0.15) is 5.70 Å². The van der Waals surface area contributed by atoms with Crippen molar-refractivity contribution in [3.63, 3.8) is 0 Å². The molecule has 0 saturated carbocycles. The second-order valence-corrected chi connectivity index (χ2v) is 8.04. The summed E-state index contributed by atoms with van der Waals surface area (Å²) >= 11 is 0. The van der Waals surface area contributed by atoms with Crippen molar-refractivity contribution in [2.45, 2.75) is 33.6 Å². The average Bonchev–Trinajstić information content (AvgIpc) is 2.93. The molecule has 4 rings (SSSR count). The summed E-state index contributed by atoms with van der Waals surface area (Å²) in [4.78, 5) is 30.4. The minimum atomic E-state index is -0.229. The van der Waals surface area contributed by atoms with Gasteiger partial charge in [0.25, 0.3) is 11.8 Å². The number of carbonyl (C=O) groups is 2. The number of hydrogen-bond acceptors (Lipinski definition) is 3. The highest BCUT2D eigenvalue weighted by Gasteiger charge is 2.42. The molecule has 1 fully saturated rings. The minimum Gasteiger partial charge on any atom is -0.366 e. The maximum absolute atomic E-state index is 13.5. The number of nitrogens with zero attached hydrogens (tertiary/aromatic N) is 2. The van der Waals surface area contributed by atoms with Crippen molar-refractivity contribution in [2.75, 3.05) is 18.0 Å². The van der Waals surface area contributed by atoms with Crippen LogP contribution in [-0.4, -0.2) is 29.8 Å². The zero-order chi connectivity index (χ0) is 19.8. The van der Waals surface area contributed by atoms with Gasteiger partial charge in [-0.2, -0.15) is 0 Å². The van der Waals surface area contributed by atoms with Crippen LogP contribution in [0.4, 0.5) is 5.69 Å². The Bertz CT molecular complexity index is 951. The SMILES string of the molecule is Cc1ccc(C2=C(N3CCC(C)CC3)C(=O)N(c3cccc(C)c3)C2=O)cc1. The number of aryl methyl sites for hydroxylation is 2. The second-order valence-electron chi connectivity index (χ2n) is 8.04. The van der Waals surface area contributed by atoms with E-state index in [1.165, 1.54) is 4.90 Å². The Kier molecular flexibility index (Phi) is 4.80. The third-order valence-corrected chi connectivity index (χ3v) is 5.76. The molecule has 2 aromatic rings. The van der Waals surface area contributed by atoms with Crippen LogP contribution in [0.5, 0.6) is 0 Å². The van der Waals surface area contributed by atoms with E-state index < -0.39 is 0 Å². The Morgan fingerprint density at radius 3 is 2.18 bits per heavy atom. The lowest BCUT2D eigenvalue weighted by Gasteiger charge is -2.32. The molecular weight excluding hydrogens is 348 g/mol. The number of benzene rings is 2. The lowest BCUT2D eigenvalue weighted by Crippen LogP contribution is -2.38. The number of carbonyl (C=O) groups excluding carboxylic acids is 2. The van der Waals surface area contributed by atoms with Gasteiger partial charge >= 0.3 is 0 Å². The highest BCUT2D eigenvalue weighted by molar-refractivity contribution is 6.45. The van der Waals surface area contributed by atoms with Crippen LogP contribution in [0.2, 0.25) is 0 Å². The molecule has 0 aliphatic carbocycles. The fraction of sp³-hybridized carbons (Fsp3) is 0.333. The molecule has 28 heavy (non-hydrogen) atoms. The molecule has 0 bridgehead atoms. The van der Waals surface area contributed by atoms with Crippen molar-refractivity contribution >= 4 is 23.1 Å². The molecule has 0 radical (unpaired) electrons. The monoisotopic (exact) mass is 374 g/mol. The molecule has 0 aromatic heterocycles. The van der Waals surface area contributed by atoms with Gasteiger partial charge in [0.05, 0.1) is 11.3 Å². The molecule has 0 spiro atoms. The first kappa shape index (κ1) is 18.5. The van der Waals surface area contributed by atoms with Crippen LogP contribution in [0.25, 0.3) is 5.57 Å². The van der Waals surface area contributed by atoms with Crippen LogP contribution in [-0.2, 0) is 9.59 Å². The van der Waals surface area contributed by atoms with Crippen LogP contribution in [0.1, 0.15) is 36.5 Å². The molecular formula is C24H26N2O2. The van der Waals surface area contributed by atoms with Crippen LogP contribution < -0.4 is 4.90 Å². The van der Waals surface area contributed by atoms with Crippen LogP contribution in [0.15, 0.2) is 54.2 Å². The second kappa shape index (κ2) is 7.27. The fourth-order valence-electron chi connectivity index (χ4n) is 4.03. The van der Waals surface area contributed by atoms with Crippen molar-refractivity contribution in [3.05, 3.63) is 70.9 Å². The molecule has 2 aliphatic rings. The summed E-state index contributed by atoms with van der Waals surface area (Å²) in [6, 6.07) is 15.5. The number of piperidine rings is 1. The van der Waals surface area contributed by atoms with Crippen LogP contribution >= 0.6 is 0 Å². The van der Waals surface area contributed by atoms with E-state index in [9.17, 15) is 9.59 Å². The Morgan fingerprint density at radius 2 is 1.54 bits per heavy atom. The summed E-state index contributed by atoms with van der Waals surface area (Å²) < 4.78 is 0. The van der Waals surface area contributed by atoms with E-state index in [-0.39, 0.29) is 11.8 Å². The van der Waals surface area contributed by atoms with E-state index in [4.69, 9.17) is 0 Å². The third kappa shape index (κ3) is 3.24. The van der Waals surface area contributed by atoms with Crippen LogP contribution in [0, 0.1) is 19.8 Å². The lowest BCUT2D eigenvalue weighted by molar-refractivity contribution is -0.120. The first-order valence-corrected chi connectivity index (χ1v) is 9.97. The van der Waals surface area contributed by atoms with E-state index in [2.05, 4.69) is 11.8 Å². The predicted octanol–water partition coefficient (Wildman–Crippen LogP) is 4.32. The molecule has 2 aromatic carbocycles. The van der Waals surface area contributed by atoms with E-state index in [1.807, 2.05) is 62.4 Å². The van der Waals surface area contributed by atoms with E-state index >= 15 is 0 Å². The summed E-state index contributed by atoms with van der Waals surface area (Å²) in [7, 11) is 0. The van der Waals surface area contributed by atoms with Gasteiger partial charge in [0.2, 0.25) is 0 Å². The summed E-state index contributed by atoms with van der Waals surface area (Å²) in [5.74, 6) is 0.216. The number of anilines is 1. The van der Waals surface area contributed by atoms with Gasteiger partial charge in [0, 0.05) is 13.1 Å². The lowest BCUT2D eigenvalue weighted by atomic mass is 9.97. The molecule has 4 nitrogen and oxygen atoms in total. The summed E-state index contributed by atoms with van der Waals surface area (Å²) in [6.07, 6.45) is 2.08. The van der Waals surface area contributed by atoms with Gasteiger partial charge in [0.15, 0.2) is 0 Å². The Morgan fingerprint density at radius 1 is 0.857 bits per heavy atom. The number of rotatable bonds is 3. The Labute approximate surface area is 166 Å². The van der Waals surface area contributed by atoms with Gasteiger partial charge in [-0.25, -0.2) is 4.90 Å². The molecule has 4 heteroatoms. The maximum Gasteiger partial charge on any atom is 0.282 e. The number of amides is 2. The fourth-order valence-corrected chi connectivity index (χ4v) is 4.03. The number of likely N-dealkylation sites (tertiary alicyclic amines) is 1. The number of hydrogen-bond donors (Lipinski definition) is 0. The Hall–Kier alpha value is -2.88. The maximum atomic E-state index is 13.5. The topological polar surface area (TPSA) is 40.6 Å². The molecule has 0 unspecified atom stereocenters. The van der Waals surface area contributed by atoms with Gasteiger partial charge in [-0.05, 0) is 55.9 Å². The minimum absolute atomic E-state index is 0.208. The van der Waals surface area contributed by atoms with Crippen molar-refractivity contribution in [2.24, 2.45) is 5.92 Å². The van der Waals surface area contributed by atoms with Gasteiger partial charge < -0.3 is 4.90 Å². The quantitative estimate of drug-likeness (QED) is 0.751. The normalized spacial score (nSPS) is 18.4. The molecule has 2 heterocycles. The van der Waals surface area contributed by atoms with Gasteiger partial charge in [-0.15, -0.1) is 0 Å². The zero-order valence-corrected chi connectivity index (χ0v) is 16.7. The zero-order valence-electron chi connectivity index (χ0n) is 16.7. The smallest absolute Gasteiger partial charge is 0.282 e. The van der Waals surface area contributed by atoms with Crippen LogP contribution in [0.3, 0.4) is 0 Å². The molecule has 144 valence electrons. The van der Waals surface area contributed by atoms with E-state index in [0.717, 1.165) is 42.6 Å².